The maximum absolute atomic E-state index is 12.3. The molecule has 0 saturated heterocycles. The van der Waals surface area contributed by atoms with Gasteiger partial charge in [0.1, 0.15) is 10.6 Å². The van der Waals surface area contributed by atoms with E-state index in [9.17, 15) is 13.2 Å². The molecule has 0 aliphatic heterocycles. The Bertz CT molecular complexity index is 587. The van der Waals surface area contributed by atoms with Gasteiger partial charge in [0.15, 0.2) is 0 Å². The highest BCUT2D eigenvalue weighted by Crippen LogP contribution is 2.37. The molecular weight excluding hydrogens is 266 g/mol. The van der Waals surface area contributed by atoms with E-state index in [0.717, 1.165) is 19.3 Å². The van der Waals surface area contributed by atoms with Crippen LogP contribution in [0.1, 0.15) is 42.7 Å². The zero-order chi connectivity index (χ0) is 14.2. The van der Waals surface area contributed by atoms with Crippen LogP contribution in [0, 0.1) is 0 Å². The molecule has 106 valence electrons. The highest BCUT2D eigenvalue weighted by Gasteiger charge is 2.30. The van der Waals surface area contributed by atoms with Crippen LogP contribution in [0.15, 0.2) is 17.2 Å². The second-order valence-electron chi connectivity index (χ2n) is 4.97. The highest BCUT2D eigenvalue weighted by atomic mass is 32.2. The third-order valence-electron chi connectivity index (χ3n) is 3.22. The van der Waals surface area contributed by atoms with E-state index in [1.165, 1.54) is 12.3 Å². The lowest BCUT2D eigenvalue weighted by molar-refractivity contribution is 0.0784. The van der Waals surface area contributed by atoms with E-state index in [0.29, 0.717) is 12.2 Å². The van der Waals surface area contributed by atoms with Gasteiger partial charge in [-0.15, -0.1) is 0 Å². The van der Waals surface area contributed by atoms with Gasteiger partial charge in [0.2, 0.25) is 10.0 Å². The van der Waals surface area contributed by atoms with E-state index in [1.54, 1.807) is 16.5 Å². The van der Waals surface area contributed by atoms with Crippen molar-refractivity contribution in [2.24, 2.45) is 5.14 Å². The first-order chi connectivity index (χ1) is 8.84. The molecule has 1 aromatic heterocycles. The van der Waals surface area contributed by atoms with Gasteiger partial charge in [-0.2, -0.15) is 0 Å². The van der Waals surface area contributed by atoms with E-state index in [4.69, 9.17) is 5.14 Å². The fourth-order valence-electron chi connectivity index (χ4n) is 2.07. The number of rotatable bonds is 5. The standard InChI is InChI=1S/C12H19N3O3S/c1-3-6-14(2)12(16)11-7-10(19(13,17)18)8-15(11)9-4-5-9/h7-9H,3-6H2,1-2H3,(H2,13,17,18). The Morgan fingerprint density at radius 3 is 2.63 bits per heavy atom. The van der Waals surface area contributed by atoms with Gasteiger partial charge >= 0.3 is 0 Å². The number of amides is 1. The lowest BCUT2D eigenvalue weighted by Crippen LogP contribution is -2.29. The Labute approximate surface area is 113 Å². The number of carbonyl (C=O) groups is 1. The molecule has 0 spiro atoms. The molecule has 1 saturated carbocycles. The molecule has 19 heavy (non-hydrogen) atoms. The third-order valence-corrected chi connectivity index (χ3v) is 4.10. The lowest BCUT2D eigenvalue weighted by Gasteiger charge is -2.17. The largest absolute Gasteiger partial charge is 0.340 e. The maximum Gasteiger partial charge on any atom is 0.270 e. The molecule has 2 rings (SSSR count). The number of nitrogens with two attached hydrogens (primary N) is 1. The summed E-state index contributed by atoms with van der Waals surface area (Å²) in [5.41, 5.74) is 0.405. The predicted octanol–water partition coefficient (Wildman–Crippen LogP) is 0.952. The minimum Gasteiger partial charge on any atom is -0.340 e. The van der Waals surface area contributed by atoms with Gasteiger partial charge in [0, 0.05) is 25.8 Å². The Kier molecular flexibility index (Phi) is 3.69. The van der Waals surface area contributed by atoms with Gasteiger partial charge in [-0.1, -0.05) is 6.92 Å². The third kappa shape index (κ3) is 2.98. The average molecular weight is 285 g/mol. The van der Waals surface area contributed by atoms with Crippen molar-refractivity contribution in [1.82, 2.24) is 9.47 Å². The topological polar surface area (TPSA) is 85.4 Å². The molecule has 6 nitrogen and oxygen atoms in total. The summed E-state index contributed by atoms with van der Waals surface area (Å²) in [5, 5.41) is 5.13. The normalized spacial score (nSPS) is 15.5. The molecule has 1 aliphatic carbocycles. The summed E-state index contributed by atoms with van der Waals surface area (Å²) in [4.78, 5) is 13.9. The molecule has 0 bridgehead atoms. The number of primary sulfonamides is 1. The molecule has 1 aromatic rings. The van der Waals surface area contributed by atoms with Crippen LogP contribution in [0.3, 0.4) is 0 Å². The molecule has 0 aromatic carbocycles. The maximum atomic E-state index is 12.3. The lowest BCUT2D eigenvalue weighted by atomic mass is 10.3. The first-order valence-corrected chi connectivity index (χ1v) is 7.89. The van der Waals surface area contributed by atoms with Crippen LogP contribution in [0.2, 0.25) is 0 Å². The summed E-state index contributed by atoms with van der Waals surface area (Å²) in [7, 11) is -2.06. The van der Waals surface area contributed by atoms with Gasteiger partial charge < -0.3 is 9.47 Å². The molecule has 1 fully saturated rings. The van der Waals surface area contributed by atoms with Crippen molar-refractivity contribution in [3.05, 3.63) is 18.0 Å². The first kappa shape index (κ1) is 14.1. The fourth-order valence-corrected chi connectivity index (χ4v) is 2.60. The first-order valence-electron chi connectivity index (χ1n) is 6.34. The Hall–Kier alpha value is -1.34. The van der Waals surface area contributed by atoms with Crippen LogP contribution in [0.25, 0.3) is 0 Å². The molecular formula is C12H19N3O3S. The quantitative estimate of drug-likeness (QED) is 0.874. The Morgan fingerprint density at radius 2 is 2.16 bits per heavy atom. The molecule has 1 amide bonds. The highest BCUT2D eigenvalue weighted by molar-refractivity contribution is 7.89. The van der Waals surface area contributed by atoms with Crippen LogP contribution >= 0.6 is 0 Å². The smallest absolute Gasteiger partial charge is 0.270 e. The summed E-state index contributed by atoms with van der Waals surface area (Å²) < 4.78 is 24.5. The van der Waals surface area contributed by atoms with Crippen molar-refractivity contribution in [2.75, 3.05) is 13.6 Å². The van der Waals surface area contributed by atoms with E-state index in [-0.39, 0.29) is 16.8 Å². The zero-order valence-electron chi connectivity index (χ0n) is 11.2. The molecule has 0 radical (unpaired) electrons. The number of hydrogen-bond donors (Lipinski definition) is 1. The van der Waals surface area contributed by atoms with E-state index in [1.807, 2.05) is 6.92 Å². The van der Waals surface area contributed by atoms with E-state index < -0.39 is 10.0 Å². The number of hydrogen-bond acceptors (Lipinski definition) is 3. The van der Waals surface area contributed by atoms with Crippen molar-refractivity contribution in [2.45, 2.75) is 37.1 Å². The Balaban J connectivity index is 2.38. The summed E-state index contributed by atoms with van der Waals surface area (Å²) in [6.45, 7) is 2.62. The molecule has 2 N–H and O–H groups in total. The van der Waals surface area contributed by atoms with Gasteiger partial charge in [-0.05, 0) is 25.3 Å². The summed E-state index contributed by atoms with van der Waals surface area (Å²) >= 11 is 0. The molecule has 1 heterocycles. The van der Waals surface area contributed by atoms with Gasteiger partial charge in [0.25, 0.3) is 5.91 Å². The second-order valence-corrected chi connectivity index (χ2v) is 6.53. The van der Waals surface area contributed by atoms with Crippen molar-refractivity contribution in [1.29, 1.82) is 0 Å². The number of sulfonamides is 1. The summed E-state index contributed by atoms with van der Waals surface area (Å²) in [6.07, 6.45) is 4.27. The molecule has 1 aliphatic rings. The van der Waals surface area contributed by atoms with Crippen LogP contribution in [-0.4, -0.2) is 37.4 Å². The van der Waals surface area contributed by atoms with Crippen LogP contribution < -0.4 is 5.14 Å². The zero-order valence-corrected chi connectivity index (χ0v) is 12.0. The summed E-state index contributed by atoms with van der Waals surface area (Å²) in [5.74, 6) is -0.163. The fraction of sp³-hybridized carbons (Fsp3) is 0.583. The Morgan fingerprint density at radius 1 is 1.53 bits per heavy atom. The van der Waals surface area contributed by atoms with Crippen LogP contribution in [0.5, 0.6) is 0 Å². The van der Waals surface area contributed by atoms with Crippen molar-refractivity contribution in [3.8, 4) is 0 Å². The number of carbonyl (C=O) groups excluding carboxylic acids is 1. The number of aromatic nitrogens is 1. The van der Waals surface area contributed by atoms with Gasteiger partial charge in [-0.25, -0.2) is 13.6 Å². The van der Waals surface area contributed by atoms with Crippen LogP contribution in [0.4, 0.5) is 0 Å². The average Bonchev–Trinajstić information content (AvgIpc) is 3.06. The van der Waals surface area contributed by atoms with Crippen molar-refractivity contribution in [3.63, 3.8) is 0 Å². The monoisotopic (exact) mass is 285 g/mol. The molecule has 0 unspecified atom stereocenters. The van der Waals surface area contributed by atoms with Gasteiger partial charge in [0.05, 0.1) is 0 Å². The van der Waals surface area contributed by atoms with E-state index in [2.05, 4.69) is 0 Å². The second kappa shape index (κ2) is 4.97. The van der Waals surface area contributed by atoms with Gasteiger partial charge in [-0.3, -0.25) is 4.79 Å². The minimum absolute atomic E-state index is 0.00708. The molecule has 0 atom stereocenters. The summed E-state index contributed by atoms with van der Waals surface area (Å²) in [6, 6.07) is 1.60. The van der Waals surface area contributed by atoms with Crippen molar-refractivity contribution >= 4 is 15.9 Å². The minimum atomic E-state index is -3.77. The van der Waals surface area contributed by atoms with Crippen LogP contribution in [-0.2, 0) is 10.0 Å². The van der Waals surface area contributed by atoms with E-state index >= 15 is 0 Å². The SMILES string of the molecule is CCCN(C)C(=O)c1cc(S(N)(=O)=O)cn1C1CC1. The number of nitrogens with zero attached hydrogens (tertiary/aromatic N) is 2. The molecule has 7 heteroatoms. The van der Waals surface area contributed by atoms with Crippen molar-refractivity contribution < 1.29 is 13.2 Å². The predicted molar refractivity (Wildman–Crippen MR) is 71.3 cm³/mol.